The largest absolute Gasteiger partial charge is 0.337 e. The molecular formula is C11H18N4O2. The smallest absolute Gasteiger partial charge is 0.252 e. The average Bonchev–Trinajstić information content (AvgIpc) is 2.86. The van der Waals surface area contributed by atoms with Crippen LogP contribution in [-0.2, 0) is 10.3 Å². The predicted octanol–water partition coefficient (Wildman–Crippen LogP) is 0.435. The summed E-state index contributed by atoms with van der Waals surface area (Å²) in [7, 11) is 1.77. The topological polar surface area (TPSA) is 71.3 Å². The monoisotopic (exact) mass is 238 g/mol. The maximum absolute atomic E-state index is 12.0. The molecule has 94 valence electrons. The van der Waals surface area contributed by atoms with Crippen LogP contribution in [0.25, 0.3) is 0 Å². The number of likely N-dealkylation sites (N-methyl/N-ethyl adjacent to an activating group) is 1. The molecule has 2 rings (SSSR count). The highest BCUT2D eigenvalue weighted by atomic mass is 16.5. The third-order valence-corrected chi connectivity index (χ3v) is 3.26. The first-order valence-electron chi connectivity index (χ1n) is 5.84. The van der Waals surface area contributed by atoms with Gasteiger partial charge in [0.2, 0.25) is 5.91 Å². The first kappa shape index (κ1) is 12.0. The molecule has 1 aromatic rings. The van der Waals surface area contributed by atoms with Crippen molar-refractivity contribution in [1.82, 2.24) is 20.4 Å². The van der Waals surface area contributed by atoms with Gasteiger partial charge in [0.05, 0.1) is 6.54 Å². The number of aryl methyl sites for hydroxylation is 1. The molecule has 0 spiro atoms. The molecule has 1 aliphatic rings. The summed E-state index contributed by atoms with van der Waals surface area (Å²) < 4.78 is 5.23. The molecule has 6 heteroatoms. The van der Waals surface area contributed by atoms with Gasteiger partial charge in [-0.15, -0.1) is 0 Å². The van der Waals surface area contributed by atoms with Gasteiger partial charge in [-0.2, -0.15) is 4.98 Å². The van der Waals surface area contributed by atoms with E-state index in [1.165, 1.54) is 0 Å². The molecule has 1 amide bonds. The third kappa shape index (κ3) is 2.04. The highest BCUT2D eigenvalue weighted by molar-refractivity contribution is 5.79. The lowest BCUT2D eigenvalue weighted by molar-refractivity contribution is -0.134. The van der Waals surface area contributed by atoms with E-state index in [4.69, 9.17) is 4.52 Å². The number of carbonyl (C=O) groups is 1. The van der Waals surface area contributed by atoms with Gasteiger partial charge >= 0.3 is 0 Å². The van der Waals surface area contributed by atoms with Crippen molar-refractivity contribution in [2.45, 2.75) is 32.2 Å². The molecule has 2 heterocycles. The van der Waals surface area contributed by atoms with Crippen LogP contribution < -0.4 is 5.32 Å². The molecule has 1 aromatic heterocycles. The van der Waals surface area contributed by atoms with Crippen molar-refractivity contribution in [1.29, 1.82) is 0 Å². The number of aromatic nitrogens is 2. The van der Waals surface area contributed by atoms with Gasteiger partial charge in [0, 0.05) is 6.54 Å². The van der Waals surface area contributed by atoms with Gasteiger partial charge in [0.1, 0.15) is 5.54 Å². The molecule has 0 bridgehead atoms. The van der Waals surface area contributed by atoms with E-state index < -0.39 is 5.54 Å². The van der Waals surface area contributed by atoms with E-state index in [0.717, 1.165) is 19.4 Å². The summed E-state index contributed by atoms with van der Waals surface area (Å²) in [5.41, 5.74) is -0.449. The number of likely N-dealkylation sites (tertiary alicyclic amines) is 1. The minimum absolute atomic E-state index is 0.0725. The maximum Gasteiger partial charge on any atom is 0.252 e. The molecule has 1 aliphatic heterocycles. The molecule has 1 unspecified atom stereocenters. The fourth-order valence-corrected chi connectivity index (χ4v) is 2.35. The molecule has 0 aromatic carbocycles. The van der Waals surface area contributed by atoms with E-state index in [1.54, 1.807) is 14.0 Å². The minimum atomic E-state index is -0.449. The molecule has 1 fully saturated rings. The molecule has 6 nitrogen and oxygen atoms in total. The molecule has 1 N–H and O–H groups in total. The van der Waals surface area contributed by atoms with Crippen LogP contribution in [-0.4, -0.2) is 41.1 Å². The van der Waals surface area contributed by atoms with Crippen LogP contribution in [0.4, 0.5) is 0 Å². The Hall–Kier alpha value is -1.43. The van der Waals surface area contributed by atoms with Gasteiger partial charge in [-0.25, -0.2) is 0 Å². The lowest BCUT2D eigenvalue weighted by Crippen LogP contribution is -2.46. The van der Waals surface area contributed by atoms with E-state index in [1.807, 2.05) is 11.8 Å². The first-order valence-corrected chi connectivity index (χ1v) is 5.84. The summed E-state index contributed by atoms with van der Waals surface area (Å²) in [6, 6.07) is 0. The Kier molecular flexibility index (Phi) is 3.15. The van der Waals surface area contributed by atoms with Crippen LogP contribution in [0, 0.1) is 6.92 Å². The number of rotatable bonds is 3. The average molecular weight is 238 g/mol. The van der Waals surface area contributed by atoms with Gasteiger partial charge in [0.15, 0.2) is 5.82 Å². The number of nitrogens with one attached hydrogen (secondary N) is 1. The van der Waals surface area contributed by atoms with Crippen molar-refractivity contribution in [3.63, 3.8) is 0 Å². The highest BCUT2D eigenvalue weighted by Gasteiger charge is 2.44. The number of hydrogen-bond donors (Lipinski definition) is 1. The Morgan fingerprint density at radius 1 is 1.65 bits per heavy atom. The fourth-order valence-electron chi connectivity index (χ4n) is 2.35. The summed E-state index contributed by atoms with van der Waals surface area (Å²) in [6.07, 6.45) is 1.83. The van der Waals surface area contributed by atoms with E-state index >= 15 is 0 Å². The Bertz CT molecular complexity index is 417. The zero-order valence-corrected chi connectivity index (χ0v) is 10.5. The Morgan fingerprint density at radius 3 is 3.00 bits per heavy atom. The van der Waals surface area contributed by atoms with Gasteiger partial charge in [-0.1, -0.05) is 5.16 Å². The van der Waals surface area contributed by atoms with Gasteiger partial charge in [-0.3, -0.25) is 4.79 Å². The Morgan fingerprint density at radius 2 is 2.41 bits per heavy atom. The number of carbonyl (C=O) groups excluding carboxylic acids is 1. The van der Waals surface area contributed by atoms with Crippen LogP contribution >= 0.6 is 0 Å². The Balaban J connectivity index is 2.26. The predicted molar refractivity (Wildman–Crippen MR) is 61.3 cm³/mol. The maximum atomic E-state index is 12.0. The molecule has 1 atom stereocenters. The molecule has 0 saturated carbocycles. The summed E-state index contributed by atoms with van der Waals surface area (Å²) in [5, 5.41) is 6.69. The standard InChI is InChI=1S/C11H18N4O2/c1-8-13-10(17-14-8)11(2)5-4-6-15(11)9(16)7-12-3/h12H,4-7H2,1-3H3. The van der Waals surface area contributed by atoms with Crippen LogP contribution in [0.3, 0.4) is 0 Å². The third-order valence-electron chi connectivity index (χ3n) is 3.26. The normalized spacial score (nSPS) is 24.3. The summed E-state index contributed by atoms with van der Waals surface area (Å²) in [4.78, 5) is 18.1. The molecule has 1 saturated heterocycles. The van der Waals surface area contributed by atoms with Crippen LogP contribution in [0.2, 0.25) is 0 Å². The highest BCUT2D eigenvalue weighted by Crippen LogP contribution is 2.37. The fraction of sp³-hybridized carbons (Fsp3) is 0.727. The number of amides is 1. The van der Waals surface area contributed by atoms with Crippen molar-refractivity contribution in [2.24, 2.45) is 0 Å². The van der Waals surface area contributed by atoms with Crippen molar-refractivity contribution in [3.8, 4) is 0 Å². The van der Waals surface area contributed by atoms with Gasteiger partial charge < -0.3 is 14.7 Å². The van der Waals surface area contributed by atoms with E-state index in [0.29, 0.717) is 18.3 Å². The second-order valence-electron chi connectivity index (χ2n) is 4.60. The van der Waals surface area contributed by atoms with Gasteiger partial charge in [-0.05, 0) is 33.7 Å². The quantitative estimate of drug-likeness (QED) is 0.827. The van der Waals surface area contributed by atoms with Crippen molar-refractivity contribution >= 4 is 5.91 Å². The molecule has 17 heavy (non-hydrogen) atoms. The van der Waals surface area contributed by atoms with Crippen LogP contribution in [0.15, 0.2) is 4.52 Å². The van der Waals surface area contributed by atoms with E-state index in [2.05, 4.69) is 15.5 Å². The van der Waals surface area contributed by atoms with Crippen LogP contribution in [0.5, 0.6) is 0 Å². The van der Waals surface area contributed by atoms with E-state index in [-0.39, 0.29) is 5.91 Å². The molecule has 0 aliphatic carbocycles. The number of nitrogens with zero attached hydrogens (tertiary/aromatic N) is 3. The SMILES string of the molecule is CNCC(=O)N1CCCC1(C)c1nc(C)no1. The minimum Gasteiger partial charge on any atom is -0.337 e. The Labute approximate surface area is 100 Å². The van der Waals surface area contributed by atoms with Gasteiger partial charge in [0.25, 0.3) is 5.89 Å². The summed E-state index contributed by atoms with van der Waals surface area (Å²) in [6.45, 7) is 4.85. The first-order chi connectivity index (χ1) is 8.08. The van der Waals surface area contributed by atoms with Crippen LogP contribution in [0.1, 0.15) is 31.5 Å². The zero-order chi connectivity index (χ0) is 12.5. The second kappa shape index (κ2) is 4.44. The van der Waals surface area contributed by atoms with Crippen molar-refractivity contribution < 1.29 is 9.32 Å². The lowest BCUT2D eigenvalue weighted by Gasteiger charge is -2.31. The van der Waals surface area contributed by atoms with Crippen molar-refractivity contribution in [2.75, 3.05) is 20.1 Å². The molecule has 0 radical (unpaired) electrons. The second-order valence-corrected chi connectivity index (χ2v) is 4.60. The number of hydrogen-bond acceptors (Lipinski definition) is 5. The summed E-state index contributed by atoms with van der Waals surface area (Å²) >= 11 is 0. The lowest BCUT2D eigenvalue weighted by atomic mass is 9.99. The van der Waals surface area contributed by atoms with E-state index in [9.17, 15) is 4.79 Å². The zero-order valence-electron chi connectivity index (χ0n) is 10.5. The van der Waals surface area contributed by atoms with Crippen molar-refractivity contribution in [3.05, 3.63) is 11.7 Å². The molecular weight excluding hydrogens is 220 g/mol. The summed E-state index contributed by atoms with van der Waals surface area (Å²) in [5.74, 6) is 1.22.